The van der Waals surface area contributed by atoms with E-state index in [9.17, 15) is 4.79 Å². The topological polar surface area (TPSA) is 43.6 Å². The number of rotatable bonds is 8. The Kier molecular flexibility index (Phi) is 7.42. The van der Waals surface area contributed by atoms with Gasteiger partial charge in [0, 0.05) is 17.0 Å². The van der Waals surface area contributed by atoms with Crippen LogP contribution in [0.5, 0.6) is 5.75 Å². The molecular weight excluding hydrogens is 380 g/mol. The standard InChI is InChI=1S/C24H28N2O2S/c1-4-7-17-28-20-15-13-19(14-16-20)23(27)25-24-26(6-3)22(21(5-2)29-24)18-11-9-8-10-12-18/h8-16H,4-7,17H2,1-3H3. The van der Waals surface area contributed by atoms with E-state index in [4.69, 9.17) is 4.74 Å². The Hall–Kier alpha value is -2.66. The molecule has 4 nitrogen and oxygen atoms in total. The summed E-state index contributed by atoms with van der Waals surface area (Å²) in [6.45, 7) is 7.82. The van der Waals surface area contributed by atoms with Crippen molar-refractivity contribution in [2.24, 2.45) is 4.99 Å². The van der Waals surface area contributed by atoms with Gasteiger partial charge in [-0.3, -0.25) is 4.79 Å². The van der Waals surface area contributed by atoms with Gasteiger partial charge in [-0.25, -0.2) is 0 Å². The highest BCUT2D eigenvalue weighted by molar-refractivity contribution is 7.09. The number of benzene rings is 2. The van der Waals surface area contributed by atoms with E-state index in [1.807, 2.05) is 30.3 Å². The second kappa shape index (κ2) is 10.2. The first-order valence-electron chi connectivity index (χ1n) is 10.3. The van der Waals surface area contributed by atoms with Gasteiger partial charge in [0.1, 0.15) is 5.75 Å². The molecule has 2 aromatic carbocycles. The van der Waals surface area contributed by atoms with Crippen molar-refractivity contribution in [2.45, 2.75) is 46.6 Å². The summed E-state index contributed by atoms with van der Waals surface area (Å²) >= 11 is 1.60. The highest BCUT2D eigenvalue weighted by Gasteiger charge is 2.14. The van der Waals surface area contributed by atoms with E-state index in [0.717, 1.165) is 47.6 Å². The van der Waals surface area contributed by atoms with E-state index in [1.54, 1.807) is 23.5 Å². The largest absolute Gasteiger partial charge is 0.494 e. The van der Waals surface area contributed by atoms with Gasteiger partial charge in [0.25, 0.3) is 5.91 Å². The van der Waals surface area contributed by atoms with E-state index < -0.39 is 0 Å². The van der Waals surface area contributed by atoms with Gasteiger partial charge in [-0.1, -0.05) is 50.6 Å². The van der Waals surface area contributed by atoms with Crippen LogP contribution in [0.4, 0.5) is 0 Å². The van der Waals surface area contributed by atoms with Crippen molar-refractivity contribution < 1.29 is 9.53 Å². The number of hydrogen-bond acceptors (Lipinski definition) is 3. The molecule has 0 aliphatic carbocycles. The fraction of sp³-hybridized carbons (Fsp3) is 0.333. The highest BCUT2D eigenvalue weighted by atomic mass is 32.1. The summed E-state index contributed by atoms with van der Waals surface area (Å²) in [5.41, 5.74) is 2.89. The molecule has 1 aromatic heterocycles. The molecule has 0 aliphatic rings. The molecule has 152 valence electrons. The van der Waals surface area contributed by atoms with Gasteiger partial charge in [0.05, 0.1) is 12.3 Å². The first-order chi connectivity index (χ1) is 14.2. The molecule has 0 saturated carbocycles. The lowest BCUT2D eigenvalue weighted by Gasteiger charge is -2.08. The Balaban J connectivity index is 1.92. The number of aromatic nitrogens is 1. The zero-order valence-corrected chi connectivity index (χ0v) is 18.2. The molecular formula is C24H28N2O2S. The molecule has 0 unspecified atom stereocenters. The molecule has 3 aromatic rings. The van der Waals surface area contributed by atoms with Crippen LogP contribution in [0, 0.1) is 0 Å². The molecule has 0 bridgehead atoms. The minimum atomic E-state index is -0.226. The number of amides is 1. The maximum Gasteiger partial charge on any atom is 0.279 e. The third kappa shape index (κ3) is 5.04. The lowest BCUT2D eigenvalue weighted by Crippen LogP contribution is -2.17. The molecule has 0 spiro atoms. The molecule has 0 fully saturated rings. The number of hydrogen-bond donors (Lipinski definition) is 0. The van der Waals surface area contributed by atoms with Gasteiger partial charge >= 0.3 is 0 Å². The van der Waals surface area contributed by atoms with Crippen molar-refractivity contribution in [2.75, 3.05) is 6.61 Å². The number of unbranched alkanes of at least 4 members (excludes halogenated alkanes) is 1. The maximum absolute atomic E-state index is 12.8. The molecule has 0 radical (unpaired) electrons. The third-order valence-electron chi connectivity index (χ3n) is 4.73. The van der Waals surface area contributed by atoms with Gasteiger partial charge in [0.15, 0.2) is 4.80 Å². The van der Waals surface area contributed by atoms with Gasteiger partial charge in [-0.05, 0) is 49.6 Å². The number of ether oxygens (including phenoxy) is 1. The molecule has 3 rings (SSSR count). The molecule has 0 atom stereocenters. The van der Waals surface area contributed by atoms with Gasteiger partial charge in [0.2, 0.25) is 0 Å². The van der Waals surface area contributed by atoms with Crippen LogP contribution < -0.4 is 9.54 Å². The van der Waals surface area contributed by atoms with E-state index in [-0.39, 0.29) is 5.91 Å². The molecule has 0 N–H and O–H groups in total. The normalized spacial score (nSPS) is 11.6. The van der Waals surface area contributed by atoms with Crippen molar-refractivity contribution in [3.8, 4) is 17.0 Å². The Labute approximate surface area is 176 Å². The van der Waals surface area contributed by atoms with Crippen molar-refractivity contribution >= 4 is 17.2 Å². The minimum absolute atomic E-state index is 0.226. The lowest BCUT2D eigenvalue weighted by atomic mass is 10.1. The van der Waals surface area contributed by atoms with E-state index in [0.29, 0.717) is 12.2 Å². The van der Waals surface area contributed by atoms with Crippen LogP contribution in [0.3, 0.4) is 0 Å². The van der Waals surface area contributed by atoms with E-state index in [2.05, 4.69) is 42.5 Å². The van der Waals surface area contributed by atoms with Crippen LogP contribution in [-0.4, -0.2) is 17.1 Å². The van der Waals surface area contributed by atoms with E-state index >= 15 is 0 Å². The smallest absolute Gasteiger partial charge is 0.279 e. The maximum atomic E-state index is 12.8. The lowest BCUT2D eigenvalue weighted by molar-refractivity contribution is 0.0998. The average molecular weight is 409 g/mol. The predicted octanol–water partition coefficient (Wildman–Crippen LogP) is 5.72. The van der Waals surface area contributed by atoms with Crippen molar-refractivity contribution in [3.63, 3.8) is 0 Å². The summed E-state index contributed by atoms with van der Waals surface area (Å²) in [5.74, 6) is 0.560. The molecule has 0 aliphatic heterocycles. The summed E-state index contributed by atoms with van der Waals surface area (Å²) in [4.78, 5) is 19.2. The Bertz CT molecular complexity index is 1000. The van der Waals surface area contributed by atoms with Crippen LogP contribution in [-0.2, 0) is 13.0 Å². The number of thiazole rings is 1. The van der Waals surface area contributed by atoms with Crippen molar-refractivity contribution in [3.05, 3.63) is 69.8 Å². The molecule has 5 heteroatoms. The number of nitrogens with zero attached hydrogens (tertiary/aromatic N) is 2. The fourth-order valence-electron chi connectivity index (χ4n) is 3.17. The van der Waals surface area contributed by atoms with Crippen LogP contribution in [0.1, 0.15) is 48.8 Å². The average Bonchev–Trinajstić information content (AvgIpc) is 3.12. The van der Waals surface area contributed by atoms with Crippen molar-refractivity contribution in [1.29, 1.82) is 0 Å². The van der Waals surface area contributed by atoms with Gasteiger partial charge < -0.3 is 9.30 Å². The van der Waals surface area contributed by atoms with Gasteiger partial charge in [-0.2, -0.15) is 4.99 Å². The Morgan fingerprint density at radius 2 is 1.76 bits per heavy atom. The van der Waals surface area contributed by atoms with E-state index in [1.165, 1.54) is 4.88 Å². The quantitative estimate of drug-likeness (QED) is 0.448. The third-order valence-corrected chi connectivity index (χ3v) is 5.95. The molecule has 0 saturated heterocycles. The first-order valence-corrected chi connectivity index (χ1v) is 11.1. The van der Waals surface area contributed by atoms with Gasteiger partial charge in [-0.15, -0.1) is 11.3 Å². The first kappa shape index (κ1) is 21.1. The number of carbonyl (C=O) groups excluding carboxylic acids is 1. The molecule has 1 amide bonds. The fourth-order valence-corrected chi connectivity index (χ4v) is 4.32. The van der Waals surface area contributed by atoms with Crippen LogP contribution in [0.15, 0.2) is 59.6 Å². The van der Waals surface area contributed by atoms with Crippen LogP contribution in [0.2, 0.25) is 0 Å². The molecule has 1 heterocycles. The number of carbonyl (C=O) groups is 1. The van der Waals surface area contributed by atoms with Crippen molar-refractivity contribution in [1.82, 2.24) is 4.57 Å². The summed E-state index contributed by atoms with van der Waals surface area (Å²) in [5, 5.41) is 0. The highest BCUT2D eigenvalue weighted by Crippen LogP contribution is 2.26. The summed E-state index contributed by atoms with van der Waals surface area (Å²) in [6, 6.07) is 17.6. The monoisotopic (exact) mass is 408 g/mol. The summed E-state index contributed by atoms with van der Waals surface area (Å²) in [7, 11) is 0. The van der Waals surface area contributed by atoms with Crippen LogP contribution in [0.25, 0.3) is 11.3 Å². The second-order valence-electron chi connectivity index (χ2n) is 6.76. The SMILES string of the molecule is CCCCOc1ccc(C(=O)N=c2sc(CC)c(-c3ccccc3)n2CC)cc1. The molecule has 29 heavy (non-hydrogen) atoms. The summed E-state index contributed by atoms with van der Waals surface area (Å²) < 4.78 is 7.81. The second-order valence-corrected chi connectivity index (χ2v) is 7.83. The summed E-state index contributed by atoms with van der Waals surface area (Å²) in [6.07, 6.45) is 3.02. The predicted molar refractivity (Wildman–Crippen MR) is 120 cm³/mol. The van der Waals surface area contributed by atoms with Crippen LogP contribution >= 0.6 is 11.3 Å². The Morgan fingerprint density at radius 3 is 2.38 bits per heavy atom. The number of aryl methyl sites for hydroxylation is 1. The Morgan fingerprint density at radius 1 is 1.03 bits per heavy atom. The minimum Gasteiger partial charge on any atom is -0.494 e. The zero-order valence-electron chi connectivity index (χ0n) is 17.4. The zero-order chi connectivity index (χ0) is 20.6.